The maximum atomic E-state index is 11.1. The van der Waals surface area contributed by atoms with Crippen molar-refractivity contribution in [2.45, 2.75) is 6.42 Å². The molecule has 1 aromatic heterocycles. The minimum Gasteiger partial charge on any atom is -0.368 e. The van der Waals surface area contributed by atoms with Crippen LogP contribution in [0.4, 0.5) is 5.82 Å². The summed E-state index contributed by atoms with van der Waals surface area (Å²) >= 11 is 0. The van der Waals surface area contributed by atoms with Crippen LogP contribution in [0.2, 0.25) is 0 Å². The van der Waals surface area contributed by atoms with E-state index < -0.39 is 5.91 Å². The highest BCUT2D eigenvalue weighted by Gasteiger charge is 2.16. The van der Waals surface area contributed by atoms with Crippen molar-refractivity contribution in [2.24, 2.45) is 11.7 Å². The molecule has 0 radical (unpaired) electrons. The van der Waals surface area contributed by atoms with E-state index in [4.69, 9.17) is 5.73 Å². The second-order valence-electron chi connectivity index (χ2n) is 3.86. The lowest BCUT2D eigenvalue weighted by Crippen LogP contribution is -2.21. The van der Waals surface area contributed by atoms with Crippen molar-refractivity contribution in [3.8, 4) is 0 Å². The second kappa shape index (κ2) is 4.89. The van der Waals surface area contributed by atoms with Crippen LogP contribution in [0, 0.1) is 5.92 Å². The predicted molar refractivity (Wildman–Crippen MR) is 60.0 cm³/mol. The van der Waals surface area contributed by atoms with Gasteiger partial charge in [-0.2, -0.15) is 0 Å². The van der Waals surface area contributed by atoms with Crippen LogP contribution in [0.3, 0.4) is 0 Å². The lowest BCUT2D eigenvalue weighted by atomic mass is 10.1. The van der Waals surface area contributed by atoms with Gasteiger partial charge in [0.15, 0.2) is 11.5 Å². The molecule has 0 bridgehead atoms. The Morgan fingerprint density at radius 1 is 1.56 bits per heavy atom. The summed E-state index contributed by atoms with van der Waals surface area (Å²) in [4.78, 5) is 19.1. The molecule has 1 saturated heterocycles. The largest absolute Gasteiger partial charge is 0.368 e. The molecule has 1 aliphatic rings. The Kier molecular flexibility index (Phi) is 3.31. The van der Waals surface area contributed by atoms with Gasteiger partial charge in [0.25, 0.3) is 5.91 Å². The Hall–Kier alpha value is -1.69. The number of primary amides is 1. The van der Waals surface area contributed by atoms with Gasteiger partial charge in [-0.05, 0) is 25.4 Å². The van der Waals surface area contributed by atoms with Crippen LogP contribution in [0.5, 0.6) is 0 Å². The number of aromatic nitrogens is 2. The smallest absolute Gasteiger partial charge is 0.271 e. The van der Waals surface area contributed by atoms with Gasteiger partial charge < -0.3 is 16.4 Å². The van der Waals surface area contributed by atoms with Gasteiger partial charge in [0.1, 0.15) is 0 Å². The zero-order chi connectivity index (χ0) is 11.4. The molecule has 16 heavy (non-hydrogen) atoms. The van der Waals surface area contributed by atoms with Crippen molar-refractivity contribution in [1.82, 2.24) is 15.3 Å². The summed E-state index contributed by atoms with van der Waals surface area (Å²) < 4.78 is 0. The maximum Gasteiger partial charge on any atom is 0.271 e. The number of rotatable bonds is 4. The third kappa shape index (κ3) is 2.46. The van der Waals surface area contributed by atoms with Gasteiger partial charge in [0.2, 0.25) is 0 Å². The summed E-state index contributed by atoms with van der Waals surface area (Å²) in [5, 5.41) is 6.40. The van der Waals surface area contributed by atoms with Crippen molar-refractivity contribution in [3.05, 3.63) is 18.1 Å². The Morgan fingerprint density at radius 3 is 3.06 bits per heavy atom. The number of anilines is 1. The van der Waals surface area contributed by atoms with Crippen LogP contribution in [-0.2, 0) is 0 Å². The molecular weight excluding hydrogens is 206 g/mol. The molecule has 1 unspecified atom stereocenters. The van der Waals surface area contributed by atoms with Crippen LogP contribution < -0.4 is 16.4 Å². The molecule has 2 rings (SSSR count). The first kappa shape index (κ1) is 10.8. The number of carbonyl (C=O) groups excluding carboxylic acids is 1. The number of amides is 1. The van der Waals surface area contributed by atoms with Gasteiger partial charge >= 0.3 is 0 Å². The predicted octanol–water partition coefficient (Wildman–Crippen LogP) is -0.403. The number of hydrogen-bond donors (Lipinski definition) is 3. The van der Waals surface area contributed by atoms with Gasteiger partial charge in [-0.25, -0.2) is 9.97 Å². The van der Waals surface area contributed by atoms with E-state index in [1.165, 1.54) is 6.20 Å². The molecule has 0 saturated carbocycles. The minimum atomic E-state index is -0.555. The van der Waals surface area contributed by atoms with E-state index in [1.807, 2.05) is 0 Å². The molecule has 4 N–H and O–H groups in total. The van der Waals surface area contributed by atoms with Gasteiger partial charge in [-0.15, -0.1) is 0 Å². The molecule has 1 aromatic rings. The Morgan fingerprint density at radius 2 is 2.38 bits per heavy atom. The van der Waals surface area contributed by atoms with Crippen molar-refractivity contribution < 1.29 is 4.79 Å². The number of nitrogens with zero attached hydrogens (tertiary/aromatic N) is 2. The van der Waals surface area contributed by atoms with Crippen LogP contribution in [0.1, 0.15) is 16.9 Å². The topological polar surface area (TPSA) is 92.9 Å². The van der Waals surface area contributed by atoms with Crippen LogP contribution >= 0.6 is 0 Å². The van der Waals surface area contributed by atoms with Crippen molar-refractivity contribution >= 4 is 11.7 Å². The summed E-state index contributed by atoms with van der Waals surface area (Å²) in [5.41, 5.74) is 5.41. The zero-order valence-electron chi connectivity index (χ0n) is 8.94. The van der Waals surface area contributed by atoms with E-state index in [0.717, 1.165) is 26.1 Å². The highest BCUT2D eigenvalue weighted by molar-refractivity contribution is 5.95. The molecule has 1 amide bonds. The normalized spacial score (nSPS) is 19.6. The maximum absolute atomic E-state index is 11.1. The fourth-order valence-corrected chi connectivity index (χ4v) is 1.78. The van der Waals surface area contributed by atoms with Crippen LogP contribution in [0.15, 0.2) is 12.4 Å². The molecule has 6 heteroatoms. The third-order valence-electron chi connectivity index (χ3n) is 2.65. The van der Waals surface area contributed by atoms with Crippen molar-refractivity contribution in [3.63, 3.8) is 0 Å². The first-order valence-electron chi connectivity index (χ1n) is 5.33. The molecule has 6 nitrogen and oxygen atoms in total. The lowest BCUT2D eigenvalue weighted by Gasteiger charge is -2.11. The summed E-state index contributed by atoms with van der Waals surface area (Å²) in [6.45, 7) is 2.83. The lowest BCUT2D eigenvalue weighted by molar-refractivity contribution is 0.0996. The van der Waals surface area contributed by atoms with E-state index in [-0.39, 0.29) is 5.69 Å². The molecule has 1 fully saturated rings. The highest BCUT2D eigenvalue weighted by Crippen LogP contribution is 2.11. The summed E-state index contributed by atoms with van der Waals surface area (Å²) in [7, 11) is 0. The third-order valence-corrected chi connectivity index (χ3v) is 2.65. The molecule has 1 atom stereocenters. The molecular formula is C10H15N5O. The van der Waals surface area contributed by atoms with Gasteiger partial charge in [-0.3, -0.25) is 4.79 Å². The Bertz CT molecular complexity index is 375. The van der Waals surface area contributed by atoms with E-state index in [9.17, 15) is 4.79 Å². The number of nitrogens with two attached hydrogens (primary N) is 1. The number of hydrogen-bond acceptors (Lipinski definition) is 5. The fraction of sp³-hybridized carbons (Fsp3) is 0.500. The van der Waals surface area contributed by atoms with E-state index in [0.29, 0.717) is 11.7 Å². The first-order valence-corrected chi connectivity index (χ1v) is 5.33. The number of nitrogens with one attached hydrogen (secondary N) is 2. The van der Waals surface area contributed by atoms with E-state index >= 15 is 0 Å². The Labute approximate surface area is 93.7 Å². The molecule has 0 aliphatic carbocycles. The van der Waals surface area contributed by atoms with E-state index in [1.54, 1.807) is 6.20 Å². The summed E-state index contributed by atoms with van der Waals surface area (Å²) in [6.07, 6.45) is 4.14. The molecule has 1 aliphatic heterocycles. The first-order chi connectivity index (χ1) is 7.77. The van der Waals surface area contributed by atoms with Crippen molar-refractivity contribution in [1.29, 1.82) is 0 Å². The zero-order valence-corrected chi connectivity index (χ0v) is 8.94. The van der Waals surface area contributed by atoms with E-state index in [2.05, 4.69) is 20.6 Å². The SMILES string of the molecule is NC(=O)c1nccnc1NCC1CCNC1. The standard InChI is InChI=1S/C10H15N5O/c11-9(16)8-10(14-4-3-13-8)15-6-7-1-2-12-5-7/h3-4,7,12H,1-2,5-6H2,(H2,11,16)(H,14,15). The minimum absolute atomic E-state index is 0.202. The average molecular weight is 221 g/mol. The van der Waals surface area contributed by atoms with Gasteiger partial charge in [0.05, 0.1) is 0 Å². The number of carbonyl (C=O) groups is 1. The molecule has 0 aromatic carbocycles. The summed E-state index contributed by atoms with van der Waals surface area (Å²) in [5.74, 6) is 0.491. The molecule has 0 spiro atoms. The summed E-state index contributed by atoms with van der Waals surface area (Å²) in [6, 6.07) is 0. The Balaban J connectivity index is 2.00. The molecule has 86 valence electrons. The van der Waals surface area contributed by atoms with Gasteiger partial charge in [0, 0.05) is 18.9 Å². The quantitative estimate of drug-likeness (QED) is 0.643. The van der Waals surface area contributed by atoms with Gasteiger partial charge in [-0.1, -0.05) is 0 Å². The van der Waals surface area contributed by atoms with Crippen LogP contribution in [-0.4, -0.2) is 35.5 Å². The average Bonchev–Trinajstić information content (AvgIpc) is 2.79. The van der Waals surface area contributed by atoms with Crippen LogP contribution in [0.25, 0.3) is 0 Å². The fourth-order valence-electron chi connectivity index (χ4n) is 1.78. The van der Waals surface area contributed by atoms with Crippen molar-refractivity contribution in [2.75, 3.05) is 25.0 Å². The molecule has 2 heterocycles. The second-order valence-corrected chi connectivity index (χ2v) is 3.86. The monoisotopic (exact) mass is 221 g/mol. The highest BCUT2D eigenvalue weighted by atomic mass is 16.1.